The van der Waals surface area contributed by atoms with Gasteiger partial charge in [0.25, 0.3) is 0 Å². The number of hydrogen-bond donors (Lipinski definition) is 3. The number of hydrogen-bond acceptors (Lipinski definition) is 5. The molecule has 0 saturated heterocycles. The molecule has 0 aliphatic carbocycles. The topological polar surface area (TPSA) is 88.8 Å². The highest BCUT2D eigenvalue weighted by molar-refractivity contribution is 5.54. The molecule has 0 spiro atoms. The van der Waals surface area contributed by atoms with Crippen molar-refractivity contribution < 1.29 is 4.74 Å². The SMILES string of the molecule is CC(Nc1ccc(N)c(OC(C)(C)C)n1)c1cn[nH]c1. The van der Waals surface area contributed by atoms with Gasteiger partial charge in [0, 0.05) is 11.8 Å². The molecule has 0 radical (unpaired) electrons. The third kappa shape index (κ3) is 3.63. The molecule has 108 valence electrons. The maximum Gasteiger partial charge on any atom is 0.239 e. The minimum Gasteiger partial charge on any atom is -0.470 e. The Morgan fingerprint density at radius 3 is 2.70 bits per heavy atom. The number of anilines is 2. The van der Waals surface area contributed by atoms with Crippen molar-refractivity contribution in [2.75, 3.05) is 11.1 Å². The first-order valence-electron chi connectivity index (χ1n) is 6.56. The Bertz CT molecular complexity index is 559. The molecule has 2 rings (SSSR count). The predicted molar refractivity (Wildman–Crippen MR) is 79.7 cm³/mol. The summed E-state index contributed by atoms with van der Waals surface area (Å²) >= 11 is 0. The number of pyridine rings is 1. The zero-order valence-corrected chi connectivity index (χ0v) is 12.3. The lowest BCUT2D eigenvalue weighted by Crippen LogP contribution is -2.24. The molecule has 1 atom stereocenters. The standard InChI is InChI=1S/C14H21N5O/c1-9(10-7-16-17-8-10)18-12-6-5-11(15)13(19-12)20-14(2,3)4/h5-9H,15H2,1-4H3,(H,16,17)(H,18,19). The lowest BCUT2D eigenvalue weighted by molar-refractivity contribution is 0.125. The summed E-state index contributed by atoms with van der Waals surface area (Å²) in [5, 5.41) is 10.0. The third-order valence-electron chi connectivity index (χ3n) is 2.68. The average molecular weight is 275 g/mol. The fourth-order valence-electron chi connectivity index (χ4n) is 1.71. The largest absolute Gasteiger partial charge is 0.470 e. The summed E-state index contributed by atoms with van der Waals surface area (Å²) in [6, 6.07) is 3.72. The van der Waals surface area contributed by atoms with E-state index in [1.165, 1.54) is 0 Å². The number of nitrogens with two attached hydrogens (primary N) is 1. The monoisotopic (exact) mass is 275 g/mol. The van der Waals surface area contributed by atoms with Gasteiger partial charge in [-0.05, 0) is 39.8 Å². The highest BCUT2D eigenvalue weighted by Gasteiger charge is 2.16. The zero-order valence-electron chi connectivity index (χ0n) is 12.3. The van der Waals surface area contributed by atoms with Crippen LogP contribution in [0.2, 0.25) is 0 Å². The van der Waals surface area contributed by atoms with Gasteiger partial charge in [0.15, 0.2) is 0 Å². The lowest BCUT2D eigenvalue weighted by atomic mass is 10.2. The highest BCUT2D eigenvalue weighted by atomic mass is 16.5. The molecular formula is C14H21N5O. The smallest absolute Gasteiger partial charge is 0.239 e. The summed E-state index contributed by atoms with van der Waals surface area (Å²) in [6.45, 7) is 7.92. The van der Waals surface area contributed by atoms with E-state index in [0.29, 0.717) is 17.4 Å². The molecule has 2 aromatic heterocycles. The van der Waals surface area contributed by atoms with Gasteiger partial charge in [0.05, 0.1) is 17.9 Å². The molecule has 0 aromatic carbocycles. The van der Waals surface area contributed by atoms with Crippen LogP contribution in [0.15, 0.2) is 24.5 Å². The summed E-state index contributed by atoms with van der Waals surface area (Å²) in [6.07, 6.45) is 3.63. The van der Waals surface area contributed by atoms with Crippen LogP contribution >= 0.6 is 0 Å². The molecule has 0 saturated carbocycles. The fraction of sp³-hybridized carbons (Fsp3) is 0.429. The van der Waals surface area contributed by atoms with Gasteiger partial charge in [-0.3, -0.25) is 5.10 Å². The lowest BCUT2D eigenvalue weighted by Gasteiger charge is -2.22. The fourth-order valence-corrected chi connectivity index (χ4v) is 1.71. The van der Waals surface area contributed by atoms with E-state index in [2.05, 4.69) is 20.5 Å². The number of nitrogen functional groups attached to an aromatic ring is 1. The summed E-state index contributed by atoms with van der Waals surface area (Å²) in [7, 11) is 0. The maximum atomic E-state index is 5.89. The summed E-state index contributed by atoms with van der Waals surface area (Å²) in [5.74, 6) is 1.16. The number of nitrogens with zero attached hydrogens (tertiary/aromatic N) is 2. The molecule has 0 fully saturated rings. The number of H-pyrrole nitrogens is 1. The van der Waals surface area contributed by atoms with Crippen molar-refractivity contribution in [3.8, 4) is 5.88 Å². The van der Waals surface area contributed by atoms with Crippen LogP contribution in [0.4, 0.5) is 11.5 Å². The quantitative estimate of drug-likeness (QED) is 0.798. The number of aromatic amines is 1. The Balaban J connectivity index is 2.15. The van der Waals surface area contributed by atoms with E-state index < -0.39 is 0 Å². The van der Waals surface area contributed by atoms with Gasteiger partial charge in [0.1, 0.15) is 11.4 Å². The molecule has 0 bridgehead atoms. The Morgan fingerprint density at radius 2 is 2.10 bits per heavy atom. The van der Waals surface area contributed by atoms with Crippen molar-refractivity contribution in [3.63, 3.8) is 0 Å². The van der Waals surface area contributed by atoms with Crippen molar-refractivity contribution in [1.29, 1.82) is 0 Å². The van der Waals surface area contributed by atoms with Crippen LogP contribution in [-0.4, -0.2) is 20.8 Å². The average Bonchev–Trinajstić information content (AvgIpc) is 2.85. The highest BCUT2D eigenvalue weighted by Crippen LogP contribution is 2.26. The molecule has 20 heavy (non-hydrogen) atoms. The number of ether oxygens (including phenoxy) is 1. The van der Waals surface area contributed by atoms with Crippen LogP contribution in [0.1, 0.15) is 39.3 Å². The van der Waals surface area contributed by atoms with Crippen molar-refractivity contribution in [2.24, 2.45) is 0 Å². The molecular weight excluding hydrogens is 254 g/mol. The van der Waals surface area contributed by atoms with Crippen LogP contribution in [-0.2, 0) is 0 Å². The first-order chi connectivity index (χ1) is 9.35. The minimum atomic E-state index is -0.337. The third-order valence-corrected chi connectivity index (χ3v) is 2.68. The Kier molecular flexibility index (Phi) is 3.83. The maximum absolute atomic E-state index is 5.89. The van der Waals surface area contributed by atoms with Crippen molar-refractivity contribution in [3.05, 3.63) is 30.1 Å². The first kappa shape index (κ1) is 14.2. The van der Waals surface area contributed by atoms with Crippen LogP contribution in [0.25, 0.3) is 0 Å². The molecule has 0 aliphatic heterocycles. The molecule has 0 amide bonds. The molecule has 2 aromatic rings. The first-order valence-corrected chi connectivity index (χ1v) is 6.56. The molecule has 6 heteroatoms. The summed E-state index contributed by atoms with van der Waals surface area (Å²) < 4.78 is 5.75. The number of nitrogens with one attached hydrogen (secondary N) is 2. The predicted octanol–water partition coefficient (Wildman–Crippen LogP) is 2.74. The van der Waals surface area contributed by atoms with E-state index in [4.69, 9.17) is 10.5 Å². The van der Waals surface area contributed by atoms with E-state index >= 15 is 0 Å². The van der Waals surface area contributed by atoms with E-state index in [9.17, 15) is 0 Å². The van der Waals surface area contributed by atoms with Gasteiger partial charge in [-0.1, -0.05) is 0 Å². The second-order valence-corrected chi connectivity index (χ2v) is 5.70. The van der Waals surface area contributed by atoms with Gasteiger partial charge in [0.2, 0.25) is 5.88 Å². The van der Waals surface area contributed by atoms with E-state index in [1.54, 1.807) is 12.3 Å². The zero-order chi connectivity index (χ0) is 14.8. The summed E-state index contributed by atoms with van der Waals surface area (Å²) in [4.78, 5) is 4.42. The Hall–Kier alpha value is -2.24. The van der Waals surface area contributed by atoms with Crippen molar-refractivity contribution >= 4 is 11.5 Å². The Labute approximate surface area is 118 Å². The van der Waals surface area contributed by atoms with Gasteiger partial charge >= 0.3 is 0 Å². The van der Waals surface area contributed by atoms with E-state index in [0.717, 1.165) is 5.56 Å². The van der Waals surface area contributed by atoms with Crippen LogP contribution in [0.5, 0.6) is 5.88 Å². The number of aromatic nitrogens is 3. The molecule has 0 aliphatic rings. The molecule has 1 unspecified atom stereocenters. The second-order valence-electron chi connectivity index (χ2n) is 5.70. The molecule has 4 N–H and O–H groups in total. The summed E-state index contributed by atoms with van der Waals surface area (Å²) in [5.41, 5.74) is 7.14. The molecule has 6 nitrogen and oxygen atoms in total. The van der Waals surface area contributed by atoms with E-state index in [1.807, 2.05) is 40.0 Å². The van der Waals surface area contributed by atoms with Crippen LogP contribution < -0.4 is 15.8 Å². The molecule has 2 heterocycles. The minimum absolute atomic E-state index is 0.0901. The van der Waals surface area contributed by atoms with Gasteiger partial charge in [-0.15, -0.1) is 0 Å². The van der Waals surface area contributed by atoms with Gasteiger partial charge in [-0.25, -0.2) is 0 Å². The van der Waals surface area contributed by atoms with Gasteiger partial charge in [-0.2, -0.15) is 10.1 Å². The second kappa shape index (κ2) is 5.40. The van der Waals surface area contributed by atoms with Crippen molar-refractivity contribution in [2.45, 2.75) is 39.3 Å². The van der Waals surface area contributed by atoms with E-state index in [-0.39, 0.29) is 11.6 Å². The van der Waals surface area contributed by atoms with Crippen molar-refractivity contribution in [1.82, 2.24) is 15.2 Å². The number of rotatable bonds is 4. The Morgan fingerprint density at radius 1 is 1.35 bits per heavy atom. The van der Waals surface area contributed by atoms with Crippen LogP contribution in [0, 0.1) is 0 Å². The normalized spacial score (nSPS) is 13.0. The van der Waals surface area contributed by atoms with Crippen LogP contribution in [0.3, 0.4) is 0 Å². The van der Waals surface area contributed by atoms with Gasteiger partial charge < -0.3 is 15.8 Å².